The van der Waals surface area contributed by atoms with Gasteiger partial charge in [-0.25, -0.2) is 4.79 Å². The number of aromatic nitrogens is 2. The van der Waals surface area contributed by atoms with Crippen LogP contribution in [0, 0.1) is 6.92 Å². The highest BCUT2D eigenvalue weighted by Gasteiger charge is 2.17. The van der Waals surface area contributed by atoms with Gasteiger partial charge in [-0.2, -0.15) is 0 Å². The van der Waals surface area contributed by atoms with E-state index < -0.39 is 17.2 Å². The topological polar surface area (TPSA) is 102 Å². The van der Waals surface area contributed by atoms with Gasteiger partial charge < -0.3 is 19.8 Å². The summed E-state index contributed by atoms with van der Waals surface area (Å²) in [5.41, 5.74) is 0.786. The van der Waals surface area contributed by atoms with Crippen molar-refractivity contribution in [1.29, 1.82) is 0 Å². The molecule has 2 N–H and O–H groups in total. The molecule has 1 amide bonds. The smallest absolute Gasteiger partial charge is 0.328 e. The molecule has 3 aromatic rings. The average Bonchev–Trinajstić information content (AvgIpc) is 3.13. The summed E-state index contributed by atoms with van der Waals surface area (Å²) in [6.07, 6.45) is 1.13. The first-order valence-corrected chi connectivity index (χ1v) is 8.60. The Morgan fingerprint density at radius 3 is 2.79 bits per heavy atom. The molecule has 0 aliphatic carbocycles. The summed E-state index contributed by atoms with van der Waals surface area (Å²) >= 11 is 0. The maximum atomic E-state index is 12.8. The predicted molar refractivity (Wildman–Crippen MR) is 102 cm³/mol. The molecule has 1 aromatic heterocycles. The van der Waals surface area contributed by atoms with Crippen molar-refractivity contribution >= 4 is 11.6 Å². The molecule has 4 rings (SSSR count). The van der Waals surface area contributed by atoms with E-state index >= 15 is 0 Å². The summed E-state index contributed by atoms with van der Waals surface area (Å²) in [6.45, 7) is 2.03. The predicted octanol–water partition coefficient (Wildman–Crippen LogP) is 1.87. The van der Waals surface area contributed by atoms with Crippen LogP contribution in [0.5, 0.6) is 11.5 Å². The highest BCUT2D eigenvalue weighted by atomic mass is 16.7. The minimum Gasteiger partial charge on any atom is -0.454 e. The standard InChI is InChI=1S/C20H17N3O5/c1-12-3-2-4-14(7-12)22-18(24)15-9-21-20(26)23(19(15)25)10-13-5-6-16-17(8-13)28-11-27-16/h2-9H,10-11H2,1H3,(H,21,26)(H,22,24). The third-order valence-corrected chi connectivity index (χ3v) is 4.36. The molecule has 0 atom stereocenters. The molecular weight excluding hydrogens is 362 g/mol. The molecule has 0 fully saturated rings. The number of carbonyl (C=O) groups is 1. The molecule has 8 nitrogen and oxygen atoms in total. The van der Waals surface area contributed by atoms with E-state index in [2.05, 4.69) is 10.3 Å². The number of rotatable bonds is 4. The second kappa shape index (κ2) is 7.07. The van der Waals surface area contributed by atoms with Crippen LogP contribution in [0.4, 0.5) is 5.69 Å². The number of nitrogens with one attached hydrogen (secondary N) is 2. The normalized spacial score (nSPS) is 12.0. The van der Waals surface area contributed by atoms with E-state index in [0.717, 1.165) is 16.3 Å². The largest absolute Gasteiger partial charge is 0.454 e. The minimum atomic E-state index is -0.674. The first kappa shape index (κ1) is 17.6. The fourth-order valence-electron chi connectivity index (χ4n) is 2.96. The van der Waals surface area contributed by atoms with Crippen molar-refractivity contribution in [3.8, 4) is 11.5 Å². The first-order chi connectivity index (χ1) is 13.5. The van der Waals surface area contributed by atoms with Crippen LogP contribution >= 0.6 is 0 Å². The zero-order valence-electron chi connectivity index (χ0n) is 15.0. The third-order valence-electron chi connectivity index (χ3n) is 4.36. The molecule has 28 heavy (non-hydrogen) atoms. The Balaban J connectivity index is 1.63. The summed E-state index contributed by atoms with van der Waals surface area (Å²) in [6, 6.07) is 12.4. The average molecular weight is 379 g/mol. The number of anilines is 1. The molecule has 0 saturated carbocycles. The molecule has 0 bridgehead atoms. The maximum Gasteiger partial charge on any atom is 0.328 e. The highest BCUT2D eigenvalue weighted by molar-refractivity contribution is 6.03. The van der Waals surface area contributed by atoms with Crippen LogP contribution < -0.4 is 26.0 Å². The second-order valence-electron chi connectivity index (χ2n) is 6.41. The van der Waals surface area contributed by atoms with Gasteiger partial charge in [0.05, 0.1) is 6.54 Å². The van der Waals surface area contributed by atoms with Crippen molar-refractivity contribution in [2.75, 3.05) is 12.1 Å². The molecule has 8 heteroatoms. The number of carbonyl (C=O) groups excluding carboxylic acids is 1. The molecule has 0 unspecified atom stereocenters. The Morgan fingerprint density at radius 1 is 1.14 bits per heavy atom. The Hall–Kier alpha value is -3.81. The lowest BCUT2D eigenvalue weighted by molar-refractivity contribution is 0.102. The second-order valence-corrected chi connectivity index (χ2v) is 6.41. The summed E-state index contributed by atoms with van der Waals surface area (Å²) < 4.78 is 11.5. The van der Waals surface area contributed by atoms with Crippen LogP contribution in [-0.4, -0.2) is 22.3 Å². The molecule has 0 saturated heterocycles. The van der Waals surface area contributed by atoms with E-state index in [1.165, 1.54) is 0 Å². The van der Waals surface area contributed by atoms with Gasteiger partial charge >= 0.3 is 5.69 Å². The van der Waals surface area contributed by atoms with Gasteiger partial charge in [0.2, 0.25) is 6.79 Å². The van der Waals surface area contributed by atoms with E-state index in [1.807, 2.05) is 13.0 Å². The van der Waals surface area contributed by atoms with Gasteiger partial charge in [-0.05, 0) is 42.3 Å². The fourth-order valence-corrected chi connectivity index (χ4v) is 2.96. The summed E-state index contributed by atoms with van der Waals surface area (Å²) in [5.74, 6) is 0.567. The van der Waals surface area contributed by atoms with Crippen molar-refractivity contribution in [2.45, 2.75) is 13.5 Å². The van der Waals surface area contributed by atoms with E-state index in [4.69, 9.17) is 9.47 Å². The zero-order valence-corrected chi connectivity index (χ0v) is 15.0. The number of hydrogen-bond donors (Lipinski definition) is 2. The Morgan fingerprint density at radius 2 is 1.96 bits per heavy atom. The molecule has 2 heterocycles. The number of hydrogen-bond acceptors (Lipinski definition) is 5. The number of amides is 1. The number of aryl methyl sites for hydroxylation is 1. The molecule has 0 radical (unpaired) electrons. The lowest BCUT2D eigenvalue weighted by Crippen LogP contribution is -2.39. The zero-order chi connectivity index (χ0) is 19.7. The van der Waals surface area contributed by atoms with Gasteiger partial charge in [0, 0.05) is 11.9 Å². The van der Waals surface area contributed by atoms with E-state index in [0.29, 0.717) is 22.7 Å². The summed E-state index contributed by atoms with van der Waals surface area (Å²) in [5, 5.41) is 2.67. The van der Waals surface area contributed by atoms with Gasteiger partial charge in [-0.15, -0.1) is 0 Å². The Kier molecular flexibility index (Phi) is 4.44. The molecule has 142 valence electrons. The van der Waals surface area contributed by atoms with Crippen molar-refractivity contribution in [1.82, 2.24) is 9.55 Å². The SMILES string of the molecule is Cc1cccc(NC(=O)c2c[nH]c(=O)n(Cc3ccc4c(c3)OCO4)c2=O)c1. The molecular formula is C20H17N3O5. The van der Waals surface area contributed by atoms with Crippen LogP contribution in [0.1, 0.15) is 21.5 Å². The lowest BCUT2D eigenvalue weighted by atomic mass is 10.2. The number of fused-ring (bicyclic) bond motifs is 1. The van der Waals surface area contributed by atoms with Crippen LogP contribution in [0.2, 0.25) is 0 Å². The number of ether oxygens (including phenoxy) is 2. The Bertz CT molecular complexity index is 1180. The first-order valence-electron chi connectivity index (χ1n) is 8.60. The van der Waals surface area contributed by atoms with Crippen LogP contribution in [0.25, 0.3) is 0 Å². The van der Waals surface area contributed by atoms with Gasteiger partial charge in [0.1, 0.15) is 5.56 Å². The van der Waals surface area contributed by atoms with Crippen LogP contribution in [0.15, 0.2) is 58.3 Å². The van der Waals surface area contributed by atoms with Gasteiger partial charge in [0.15, 0.2) is 11.5 Å². The van der Waals surface area contributed by atoms with Gasteiger partial charge in [0.25, 0.3) is 11.5 Å². The van der Waals surface area contributed by atoms with Crippen molar-refractivity contribution < 1.29 is 14.3 Å². The van der Waals surface area contributed by atoms with Crippen LogP contribution in [0.3, 0.4) is 0 Å². The Labute approximate surface area is 159 Å². The van der Waals surface area contributed by atoms with Gasteiger partial charge in [-0.3, -0.25) is 14.2 Å². The van der Waals surface area contributed by atoms with E-state index in [9.17, 15) is 14.4 Å². The van der Waals surface area contributed by atoms with Gasteiger partial charge in [-0.1, -0.05) is 18.2 Å². The summed E-state index contributed by atoms with van der Waals surface area (Å²) in [7, 11) is 0. The molecule has 2 aromatic carbocycles. The number of benzene rings is 2. The highest BCUT2D eigenvalue weighted by Crippen LogP contribution is 2.32. The van der Waals surface area contributed by atoms with Crippen molar-refractivity contribution in [3.05, 3.63) is 86.2 Å². The third kappa shape index (κ3) is 3.39. The maximum absolute atomic E-state index is 12.8. The molecule has 1 aliphatic rings. The van der Waals surface area contributed by atoms with E-state index in [-0.39, 0.29) is 18.9 Å². The number of H-pyrrole nitrogens is 1. The monoisotopic (exact) mass is 379 g/mol. The number of aromatic amines is 1. The minimum absolute atomic E-state index is 0.00360. The van der Waals surface area contributed by atoms with Crippen molar-refractivity contribution in [2.24, 2.45) is 0 Å². The summed E-state index contributed by atoms with van der Waals surface area (Å²) in [4.78, 5) is 39.9. The van der Waals surface area contributed by atoms with Crippen molar-refractivity contribution in [3.63, 3.8) is 0 Å². The quantitative estimate of drug-likeness (QED) is 0.721. The fraction of sp³-hybridized carbons (Fsp3) is 0.150. The lowest BCUT2D eigenvalue weighted by Gasteiger charge is -2.09. The molecule has 0 spiro atoms. The molecule has 1 aliphatic heterocycles. The van der Waals surface area contributed by atoms with E-state index in [1.54, 1.807) is 36.4 Å². The number of nitrogens with zero attached hydrogens (tertiary/aromatic N) is 1. The van der Waals surface area contributed by atoms with Crippen LogP contribution in [-0.2, 0) is 6.54 Å².